The number of halogens is 1. The highest BCUT2D eigenvalue weighted by atomic mass is 79.9. The maximum absolute atomic E-state index is 9.16. The number of aliphatic hydroxyl groups is 1. The monoisotopic (exact) mass is 226 g/mol. The van der Waals surface area contributed by atoms with Gasteiger partial charge in [-0.15, -0.1) is 0 Å². The van der Waals surface area contributed by atoms with E-state index in [1.54, 1.807) is 0 Å². The molecule has 0 atom stereocenters. The Balaban J connectivity index is 2.18. The fraction of sp³-hybridized carbons (Fsp3) is 0.400. The van der Waals surface area contributed by atoms with Crippen molar-refractivity contribution in [2.24, 2.45) is 0 Å². The third-order valence-electron chi connectivity index (χ3n) is 2.46. The largest absolute Gasteiger partial charge is 0.393 e. The molecule has 0 heterocycles. The Hall–Kier alpha value is -0.340. The average Bonchev–Trinajstić information content (AvgIpc) is 2.01. The van der Waals surface area contributed by atoms with Crippen LogP contribution in [0.4, 0.5) is 0 Å². The van der Waals surface area contributed by atoms with Gasteiger partial charge in [-0.2, -0.15) is 0 Å². The van der Waals surface area contributed by atoms with Crippen LogP contribution in [0.15, 0.2) is 28.7 Å². The molecular formula is C10H11BrO. The predicted octanol–water partition coefficient (Wildman–Crippen LogP) is 2.69. The van der Waals surface area contributed by atoms with Crippen molar-refractivity contribution in [3.8, 4) is 0 Å². The van der Waals surface area contributed by atoms with Crippen molar-refractivity contribution in [2.75, 3.05) is 0 Å². The Morgan fingerprint density at radius 2 is 1.92 bits per heavy atom. The Bertz CT molecular complexity index is 279. The molecule has 0 radical (unpaired) electrons. The highest BCUT2D eigenvalue weighted by Gasteiger charge is 2.29. The molecule has 0 bridgehead atoms. The number of aliphatic hydroxyl groups excluding tert-OH is 1. The van der Waals surface area contributed by atoms with Crippen LogP contribution in [0.5, 0.6) is 0 Å². The quantitative estimate of drug-likeness (QED) is 0.781. The van der Waals surface area contributed by atoms with Crippen molar-refractivity contribution in [1.29, 1.82) is 0 Å². The van der Waals surface area contributed by atoms with Crippen LogP contribution in [0, 0.1) is 0 Å². The minimum Gasteiger partial charge on any atom is -0.393 e. The number of hydrogen-bond acceptors (Lipinski definition) is 1. The van der Waals surface area contributed by atoms with Crippen LogP contribution in [-0.4, -0.2) is 11.2 Å². The zero-order chi connectivity index (χ0) is 8.55. The van der Waals surface area contributed by atoms with E-state index in [0.29, 0.717) is 5.92 Å². The van der Waals surface area contributed by atoms with Crippen LogP contribution < -0.4 is 0 Å². The maximum Gasteiger partial charge on any atom is 0.0552 e. The third-order valence-corrected chi connectivity index (χ3v) is 3.18. The van der Waals surface area contributed by atoms with E-state index in [9.17, 15) is 0 Å². The number of rotatable bonds is 1. The molecule has 1 aromatic rings. The highest BCUT2D eigenvalue weighted by Crippen LogP contribution is 2.39. The number of hydrogen-bond donors (Lipinski definition) is 1. The van der Waals surface area contributed by atoms with Crippen molar-refractivity contribution >= 4 is 15.9 Å². The summed E-state index contributed by atoms with van der Waals surface area (Å²) in [4.78, 5) is 0. The fourth-order valence-electron chi connectivity index (χ4n) is 1.65. The first-order chi connectivity index (χ1) is 5.77. The first-order valence-electron chi connectivity index (χ1n) is 4.20. The van der Waals surface area contributed by atoms with Gasteiger partial charge < -0.3 is 5.11 Å². The zero-order valence-electron chi connectivity index (χ0n) is 6.70. The Labute approximate surface area is 80.5 Å². The Morgan fingerprint density at radius 1 is 1.25 bits per heavy atom. The minimum absolute atomic E-state index is 0.0675. The Kier molecular flexibility index (Phi) is 2.20. The van der Waals surface area contributed by atoms with Crippen LogP contribution in [-0.2, 0) is 0 Å². The molecule has 1 aliphatic carbocycles. The summed E-state index contributed by atoms with van der Waals surface area (Å²) in [5, 5.41) is 9.16. The van der Waals surface area contributed by atoms with Crippen LogP contribution in [0.2, 0.25) is 0 Å². The normalized spacial score (nSPS) is 28.2. The van der Waals surface area contributed by atoms with E-state index < -0.39 is 0 Å². The smallest absolute Gasteiger partial charge is 0.0552 e. The van der Waals surface area contributed by atoms with Gasteiger partial charge in [0.1, 0.15) is 0 Å². The molecule has 0 aliphatic heterocycles. The van der Waals surface area contributed by atoms with Gasteiger partial charge in [-0.1, -0.05) is 34.1 Å². The first-order valence-corrected chi connectivity index (χ1v) is 4.99. The van der Waals surface area contributed by atoms with Gasteiger partial charge in [-0.3, -0.25) is 0 Å². The molecule has 0 spiro atoms. The molecule has 0 unspecified atom stereocenters. The minimum atomic E-state index is -0.0675. The lowest BCUT2D eigenvalue weighted by Crippen LogP contribution is -2.26. The summed E-state index contributed by atoms with van der Waals surface area (Å²) < 4.78 is 1.17. The Morgan fingerprint density at radius 3 is 2.50 bits per heavy atom. The molecule has 1 nitrogen and oxygen atoms in total. The SMILES string of the molecule is OC1CC(c2ccccc2Br)C1. The summed E-state index contributed by atoms with van der Waals surface area (Å²) in [6.45, 7) is 0. The average molecular weight is 227 g/mol. The number of benzene rings is 1. The van der Waals surface area contributed by atoms with Crippen molar-refractivity contribution in [3.05, 3.63) is 34.3 Å². The standard InChI is InChI=1S/C10H11BrO/c11-10-4-2-1-3-9(10)7-5-8(12)6-7/h1-4,7-8,12H,5-6H2. The van der Waals surface area contributed by atoms with E-state index in [4.69, 9.17) is 5.11 Å². The lowest BCUT2D eigenvalue weighted by Gasteiger charge is -2.32. The van der Waals surface area contributed by atoms with Crippen molar-refractivity contribution in [1.82, 2.24) is 0 Å². The zero-order valence-corrected chi connectivity index (χ0v) is 8.29. The summed E-state index contributed by atoms with van der Waals surface area (Å²) in [5.74, 6) is 0.565. The second-order valence-corrected chi connectivity index (χ2v) is 4.20. The molecule has 12 heavy (non-hydrogen) atoms. The van der Waals surface area contributed by atoms with Crippen molar-refractivity contribution in [3.63, 3.8) is 0 Å². The first kappa shape index (κ1) is 8.27. The van der Waals surface area contributed by atoms with Crippen LogP contribution in [0.1, 0.15) is 24.3 Å². The molecule has 0 aromatic heterocycles. The van der Waals surface area contributed by atoms with Crippen LogP contribution >= 0.6 is 15.9 Å². The summed E-state index contributed by atoms with van der Waals surface area (Å²) in [6.07, 6.45) is 1.77. The molecule has 1 saturated carbocycles. The maximum atomic E-state index is 9.16. The molecule has 2 heteroatoms. The van der Waals surface area contributed by atoms with Gasteiger partial charge in [0.25, 0.3) is 0 Å². The summed E-state index contributed by atoms with van der Waals surface area (Å²) in [6, 6.07) is 8.24. The lowest BCUT2D eigenvalue weighted by molar-refractivity contribution is 0.0744. The van der Waals surface area contributed by atoms with Gasteiger partial charge in [0.15, 0.2) is 0 Å². The van der Waals surface area contributed by atoms with Crippen LogP contribution in [0.3, 0.4) is 0 Å². The van der Waals surface area contributed by atoms with Crippen molar-refractivity contribution in [2.45, 2.75) is 24.9 Å². The van der Waals surface area contributed by atoms with Gasteiger partial charge in [0.05, 0.1) is 6.10 Å². The molecule has 0 saturated heterocycles. The lowest BCUT2D eigenvalue weighted by atomic mass is 9.78. The molecular weight excluding hydrogens is 216 g/mol. The van der Waals surface area contributed by atoms with Gasteiger partial charge in [0, 0.05) is 4.47 Å². The van der Waals surface area contributed by atoms with E-state index in [0.717, 1.165) is 12.8 Å². The van der Waals surface area contributed by atoms with E-state index in [1.807, 2.05) is 12.1 Å². The van der Waals surface area contributed by atoms with E-state index in [2.05, 4.69) is 28.1 Å². The van der Waals surface area contributed by atoms with E-state index in [-0.39, 0.29) is 6.10 Å². The van der Waals surface area contributed by atoms with Crippen molar-refractivity contribution < 1.29 is 5.11 Å². The molecule has 1 N–H and O–H groups in total. The molecule has 1 aliphatic rings. The van der Waals surface area contributed by atoms with Gasteiger partial charge >= 0.3 is 0 Å². The van der Waals surface area contributed by atoms with Gasteiger partial charge in [-0.25, -0.2) is 0 Å². The second-order valence-electron chi connectivity index (χ2n) is 3.34. The highest BCUT2D eigenvalue weighted by molar-refractivity contribution is 9.10. The third kappa shape index (κ3) is 1.41. The molecule has 0 amide bonds. The van der Waals surface area contributed by atoms with Gasteiger partial charge in [0.2, 0.25) is 0 Å². The summed E-state index contributed by atoms with van der Waals surface area (Å²) >= 11 is 3.51. The topological polar surface area (TPSA) is 20.2 Å². The molecule has 2 rings (SSSR count). The van der Waals surface area contributed by atoms with Gasteiger partial charge in [-0.05, 0) is 30.4 Å². The molecule has 1 aromatic carbocycles. The van der Waals surface area contributed by atoms with E-state index >= 15 is 0 Å². The summed E-state index contributed by atoms with van der Waals surface area (Å²) in [5.41, 5.74) is 1.34. The molecule has 1 fully saturated rings. The second kappa shape index (κ2) is 3.19. The summed E-state index contributed by atoms with van der Waals surface area (Å²) in [7, 11) is 0. The fourth-order valence-corrected chi connectivity index (χ4v) is 2.26. The predicted molar refractivity (Wildman–Crippen MR) is 52.1 cm³/mol. The van der Waals surface area contributed by atoms with Crippen LogP contribution in [0.25, 0.3) is 0 Å². The molecule has 64 valence electrons. The van der Waals surface area contributed by atoms with E-state index in [1.165, 1.54) is 10.0 Å².